The Morgan fingerprint density at radius 1 is 1.65 bits per heavy atom. The summed E-state index contributed by atoms with van der Waals surface area (Å²) in [7, 11) is 0. The minimum atomic E-state index is -1.46. The lowest BCUT2D eigenvalue weighted by Gasteiger charge is -2.37. The lowest BCUT2D eigenvalue weighted by atomic mass is 9.83. The third-order valence-corrected chi connectivity index (χ3v) is 3.15. The standard InChI is InChI=1S/C12H13ClO4/c1-7-5-12(16,6-10(14)15)11-8(13)3-2-4-9(11)17-7/h2-4,7,16H,5-6H2,1H3,(H,14,15)/t7-,12-/m1/s1. The Morgan fingerprint density at radius 3 is 3.00 bits per heavy atom. The minimum Gasteiger partial charge on any atom is -0.490 e. The van der Waals surface area contributed by atoms with Gasteiger partial charge in [-0.2, -0.15) is 0 Å². The Bertz CT molecular complexity index is 460. The first kappa shape index (κ1) is 12.2. The Labute approximate surface area is 104 Å². The van der Waals surface area contributed by atoms with E-state index >= 15 is 0 Å². The van der Waals surface area contributed by atoms with Gasteiger partial charge >= 0.3 is 5.97 Å². The number of benzene rings is 1. The van der Waals surface area contributed by atoms with Gasteiger partial charge in [0.2, 0.25) is 0 Å². The van der Waals surface area contributed by atoms with Crippen LogP contribution in [-0.4, -0.2) is 22.3 Å². The van der Waals surface area contributed by atoms with E-state index in [-0.39, 0.29) is 18.9 Å². The molecule has 0 amide bonds. The molecule has 0 saturated carbocycles. The number of rotatable bonds is 2. The summed E-state index contributed by atoms with van der Waals surface area (Å²) in [5.41, 5.74) is -1.08. The molecule has 0 bridgehead atoms. The van der Waals surface area contributed by atoms with E-state index in [4.69, 9.17) is 21.4 Å². The number of halogens is 1. The van der Waals surface area contributed by atoms with E-state index in [1.54, 1.807) is 25.1 Å². The molecule has 0 aromatic heterocycles. The van der Waals surface area contributed by atoms with Crippen LogP contribution in [0.2, 0.25) is 5.02 Å². The fourth-order valence-electron chi connectivity index (χ4n) is 2.30. The van der Waals surface area contributed by atoms with E-state index < -0.39 is 11.6 Å². The van der Waals surface area contributed by atoms with Crippen molar-refractivity contribution >= 4 is 17.6 Å². The SMILES string of the molecule is C[C@@H]1C[C@@](O)(CC(=O)O)c2c(Cl)cccc2O1. The summed E-state index contributed by atoms with van der Waals surface area (Å²) in [5, 5.41) is 19.7. The fourth-order valence-corrected chi connectivity index (χ4v) is 2.64. The largest absolute Gasteiger partial charge is 0.490 e. The Hall–Kier alpha value is -1.26. The van der Waals surface area contributed by atoms with Crippen molar-refractivity contribution in [3.63, 3.8) is 0 Å². The van der Waals surface area contributed by atoms with Crippen molar-refractivity contribution in [2.75, 3.05) is 0 Å². The molecule has 0 radical (unpaired) electrons. The molecule has 5 heteroatoms. The van der Waals surface area contributed by atoms with Crippen molar-refractivity contribution in [3.05, 3.63) is 28.8 Å². The maximum atomic E-state index is 10.9. The molecule has 2 rings (SSSR count). The third-order valence-electron chi connectivity index (χ3n) is 2.84. The number of aliphatic carboxylic acids is 1. The van der Waals surface area contributed by atoms with Gasteiger partial charge in [0.25, 0.3) is 0 Å². The van der Waals surface area contributed by atoms with Crippen LogP contribution < -0.4 is 4.74 Å². The van der Waals surface area contributed by atoms with Crippen molar-refractivity contribution in [1.29, 1.82) is 0 Å². The highest BCUT2D eigenvalue weighted by Gasteiger charge is 2.42. The van der Waals surface area contributed by atoms with Crippen LogP contribution in [0.15, 0.2) is 18.2 Å². The van der Waals surface area contributed by atoms with Gasteiger partial charge < -0.3 is 14.9 Å². The molecule has 1 heterocycles. The maximum absolute atomic E-state index is 10.9. The van der Waals surface area contributed by atoms with Gasteiger partial charge in [-0.3, -0.25) is 4.79 Å². The molecule has 0 aliphatic carbocycles. The van der Waals surface area contributed by atoms with E-state index in [9.17, 15) is 9.90 Å². The van der Waals surface area contributed by atoms with Crippen LogP contribution in [-0.2, 0) is 10.4 Å². The summed E-state index contributed by atoms with van der Waals surface area (Å²) in [5.74, 6) is -0.604. The molecule has 1 aromatic carbocycles. The smallest absolute Gasteiger partial charge is 0.306 e. The number of aliphatic hydroxyl groups is 1. The second-order valence-electron chi connectivity index (χ2n) is 4.35. The highest BCUT2D eigenvalue weighted by Crippen LogP contribution is 2.45. The van der Waals surface area contributed by atoms with Crippen molar-refractivity contribution in [3.8, 4) is 5.75 Å². The summed E-state index contributed by atoms with van der Waals surface area (Å²) in [4.78, 5) is 10.9. The zero-order chi connectivity index (χ0) is 12.6. The van der Waals surface area contributed by atoms with Crippen LogP contribution in [0, 0.1) is 0 Å². The molecule has 2 atom stereocenters. The normalized spacial score (nSPS) is 27.1. The number of fused-ring (bicyclic) bond motifs is 1. The lowest BCUT2D eigenvalue weighted by Crippen LogP contribution is -2.39. The second-order valence-corrected chi connectivity index (χ2v) is 4.75. The van der Waals surface area contributed by atoms with Crippen LogP contribution in [0.3, 0.4) is 0 Å². The molecule has 0 saturated heterocycles. The van der Waals surface area contributed by atoms with Crippen LogP contribution in [0.5, 0.6) is 5.75 Å². The van der Waals surface area contributed by atoms with E-state index in [0.717, 1.165) is 0 Å². The molecule has 1 aromatic rings. The number of carboxylic acid groups (broad SMARTS) is 1. The van der Waals surface area contributed by atoms with Crippen LogP contribution in [0.25, 0.3) is 0 Å². The molecule has 2 N–H and O–H groups in total. The number of hydrogen-bond donors (Lipinski definition) is 2. The second kappa shape index (κ2) is 4.20. The zero-order valence-corrected chi connectivity index (χ0v) is 10.1. The van der Waals surface area contributed by atoms with E-state index in [1.165, 1.54) is 0 Å². The monoisotopic (exact) mass is 256 g/mol. The summed E-state index contributed by atoms with van der Waals surface area (Å²) in [6, 6.07) is 5.01. The highest BCUT2D eigenvalue weighted by atomic mass is 35.5. The van der Waals surface area contributed by atoms with Gasteiger partial charge in [0.15, 0.2) is 0 Å². The molecule has 17 heavy (non-hydrogen) atoms. The maximum Gasteiger partial charge on any atom is 0.306 e. The summed E-state index contributed by atoms with van der Waals surface area (Å²) in [6.45, 7) is 1.79. The molecular weight excluding hydrogens is 244 g/mol. The molecule has 0 fully saturated rings. The third kappa shape index (κ3) is 2.23. The van der Waals surface area contributed by atoms with Crippen LogP contribution >= 0.6 is 11.6 Å². The Morgan fingerprint density at radius 2 is 2.35 bits per heavy atom. The van der Waals surface area contributed by atoms with Crippen molar-refractivity contribution in [1.82, 2.24) is 0 Å². The first-order valence-corrected chi connectivity index (χ1v) is 5.70. The topological polar surface area (TPSA) is 66.8 Å². The quantitative estimate of drug-likeness (QED) is 0.851. The minimum absolute atomic E-state index is 0.218. The molecule has 1 aliphatic heterocycles. The fraction of sp³-hybridized carbons (Fsp3) is 0.417. The molecule has 0 spiro atoms. The van der Waals surface area contributed by atoms with Crippen LogP contribution in [0.4, 0.5) is 0 Å². The van der Waals surface area contributed by atoms with Crippen LogP contribution in [0.1, 0.15) is 25.3 Å². The van der Waals surface area contributed by atoms with Gasteiger partial charge in [0.1, 0.15) is 11.4 Å². The number of carboxylic acids is 1. The number of hydrogen-bond acceptors (Lipinski definition) is 3. The first-order valence-electron chi connectivity index (χ1n) is 5.32. The summed E-state index contributed by atoms with van der Waals surface area (Å²) in [6.07, 6.45) is -0.404. The van der Waals surface area contributed by atoms with E-state index in [2.05, 4.69) is 0 Å². The van der Waals surface area contributed by atoms with E-state index in [0.29, 0.717) is 16.3 Å². The highest BCUT2D eigenvalue weighted by molar-refractivity contribution is 6.31. The molecular formula is C12H13ClO4. The lowest BCUT2D eigenvalue weighted by molar-refractivity contribution is -0.145. The average Bonchev–Trinajstić information content (AvgIpc) is 2.13. The Balaban J connectivity index is 2.53. The van der Waals surface area contributed by atoms with E-state index in [1.807, 2.05) is 0 Å². The van der Waals surface area contributed by atoms with Crippen molar-refractivity contribution in [2.24, 2.45) is 0 Å². The average molecular weight is 257 g/mol. The predicted octanol–water partition coefficient (Wildman–Crippen LogP) is 2.17. The van der Waals surface area contributed by atoms with Crippen molar-refractivity contribution < 1.29 is 19.7 Å². The van der Waals surface area contributed by atoms with Crippen molar-refractivity contribution in [2.45, 2.75) is 31.5 Å². The van der Waals surface area contributed by atoms with Gasteiger partial charge in [-0.05, 0) is 19.1 Å². The van der Waals surface area contributed by atoms with Gasteiger partial charge in [-0.1, -0.05) is 17.7 Å². The number of carbonyl (C=O) groups is 1. The van der Waals surface area contributed by atoms with Gasteiger partial charge in [-0.25, -0.2) is 0 Å². The molecule has 0 unspecified atom stereocenters. The van der Waals surface area contributed by atoms with Gasteiger partial charge in [0.05, 0.1) is 17.5 Å². The first-order chi connectivity index (χ1) is 7.92. The summed E-state index contributed by atoms with van der Waals surface area (Å²) < 4.78 is 5.55. The zero-order valence-electron chi connectivity index (χ0n) is 9.31. The molecule has 1 aliphatic rings. The summed E-state index contributed by atoms with van der Waals surface area (Å²) >= 11 is 6.02. The van der Waals surface area contributed by atoms with Gasteiger partial charge in [-0.15, -0.1) is 0 Å². The number of ether oxygens (including phenoxy) is 1. The molecule has 4 nitrogen and oxygen atoms in total. The molecule has 92 valence electrons. The Kier molecular flexibility index (Phi) is 3.02. The van der Waals surface area contributed by atoms with Gasteiger partial charge in [0, 0.05) is 12.0 Å². The predicted molar refractivity (Wildman–Crippen MR) is 62.3 cm³/mol.